The van der Waals surface area contributed by atoms with Crippen LogP contribution in [0.1, 0.15) is 37.3 Å². The highest BCUT2D eigenvalue weighted by molar-refractivity contribution is 5.16. The summed E-state index contributed by atoms with van der Waals surface area (Å²) in [5.41, 5.74) is 1.28. The van der Waals surface area contributed by atoms with Gasteiger partial charge in [-0.05, 0) is 31.0 Å². The molecule has 0 spiro atoms. The van der Waals surface area contributed by atoms with E-state index in [0.29, 0.717) is 25.7 Å². The summed E-state index contributed by atoms with van der Waals surface area (Å²) in [6.45, 7) is 2.73. The predicted octanol–water partition coefficient (Wildman–Crippen LogP) is 2.54. The Bertz CT molecular complexity index is 512. The van der Waals surface area contributed by atoms with Crippen LogP contribution in [0.3, 0.4) is 0 Å². The zero-order chi connectivity index (χ0) is 14.8. The van der Waals surface area contributed by atoms with Crippen LogP contribution >= 0.6 is 0 Å². The van der Waals surface area contributed by atoms with Crippen molar-refractivity contribution in [2.45, 2.75) is 31.7 Å². The summed E-state index contributed by atoms with van der Waals surface area (Å²) in [4.78, 5) is 6.64. The molecule has 4 nitrogen and oxygen atoms in total. The smallest absolute Gasteiger partial charge is 0.107 e. The van der Waals surface area contributed by atoms with Crippen LogP contribution in [0.5, 0.6) is 0 Å². The Labute approximate surface area is 126 Å². The monoisotopic (exact) mass is 283 g/mol. The molecule has 1 aromatic rings. The molecular weight excluding hydrogens is 262 g/mol. The molecule has 1 aliphatic heterocycles. The van der Waals surface area contributed by atoms with Crippen LogP contribution in [-0.4, -0.2) is 36.2 Å². The average molecular weight is 283 g/mol. The average Bonchev–Trinajstić information content (AvgIpc) is 2.55. The number of pyridine rings is 1. The maximum absolute atomic E-state index is 8.40. The number of aromatic nitrogens is 1. The molecule has 4 heteroatoms. The molecule has 0 bridgehead atoms. The second-order valence-corrected chi connectivity index (χ2v) is 5.08. The van der Waals surface area contributed by atoms with Gasteiger partial charge < -0.3 is 4.74 Å². The summed E-state index contributed by atoms with van der Waals surface area (Å²) < 4.78 is 5.25. The van der Waals surface area contributed by atoms with Gasteiger partial charge in [0.05, 0.1) is 25.6 Å². The van der Waals surface area contributed by atoms with E-state index in [1.54, 1.807) is 0 Å². The minimum atomic E-state index is 0.410. The maximum atomic E-state index is 8.40. The fourth-order valence-corrected chi connectivity index (χ4v) is 2.58. The normalized spacial score (nSPS) is 18.5. The van der Waals surface area contributed by atoms with Gasteiger partial charge in [-0.1, -0.05) is 24.3 Å². The van der Waals surface area contributed by atoms with E-state index < -0.39 is 0 Å². The van der Waals surface area contributed by atoms with Crippen molar-refractivity contribution in [3.05, 3.63) is 30.1 Å². The van der Waals surface area contributed by atoms with E-state index in [1.165, 1.54) is 24.8 Å². The van der Waals surface area contributed by atoms with E-state index >= 15 is 0 Å². The molecule has 0 aromatic carbocycles. The first-order valence-electron chi connectivity index (χ1n) is 7.46. The fraction of sp³-hybridized carbons (Fsp3) is 0.529. The standard InChI is InChI=1S/C17H21N3O/c18-9-6-14-21-13-4-3-12-20-11-2-1-8-17(20)16-7-5-10-19-15-16/h5,7,10,15,17H,1-2,6,8,11-14H2. The Morgan fingerprint density at radius 2 is 2.33 bits per heavy atom. The van der Waals surface area contributed by atoms with Gasteiger partial charge in [0, 0.05) is 18.4 Å². The second kappa shape index (κ2) is 9.13. The van der Waals surface area contributed by atoms with Gasteiger partial charge in [0.15, 0.2) is 0 Å². The highest BCUT2D eigenvalue weighted by Gasteiger charge is 2.22. The van der Waals surface area contributed by atoms with Crippen molar-refractivity contribution >= 4 is 0 Å². The van der Waals surface area contributed by atoms with Crippen molar-refractivity contribution in [2.24, 2.45) is 0 Å². The molecule has 0 amide bonds. The van der Waals surface area contributed by atoms with E-state index in [4.69, 9.17) is 10.00 Å². The fourth-order valence-electron chi connectivity index (χ4n) is 2.58. The van der Waals surface area contributed by atoms with Crippen LogP contribution in [0.15, 0.2) is 24.5 Å². The summed E-state index contributed by atoms with van der Waals surface area (Å²) in [5, 5.41) is 8.40. The van der Waals surface area contributed by atoms with E-state index in [2.05, 4.69) is 27.8 Å². The maximum Gasteiger partial charge on any atom is 0.107 e. The molecular formula is C17H21N3O. The number of hydrogen-bond donors (Lipinski definition) is 0. The third-order valence-electron chi connectivity index (χ3n) is 3.62. The molecule has 1 aliphatic rings. The Balaban J connectivity index is 1.83. The van der Waals surface area contributed by atoms with Gasteiger partial charge in [0.1, 0.15) is 6.61 Å². The molecule has 21 heavy (non-hydrogen) atoms. The first-order valence-corrected chi connectivity index (χ1v) is 7.46. The third-order valence-corrected chi connectivity index (χ3v) is 3.62. The second-order valence-electron chi connectivity index (χ2n) is 5.08. The first-order chi connectivity index (χ1) is 10.4. The molecule has 0 aliphatic carbocycles. The third kappa shape index (κ3) is 5.19. The summed E-state index contributed by atoms with van der Waals surface area (Å²) in [5.74, 6) is 6.20. The van der Waals surface area contributed by atoms with Crippen molar-refractivity contribution in [2.75, 3.05) is 26.3 Å². The lowest BCUT2D eigenvalue weighted by molar-refractivity contribution is 0.166. The number of nitriles is 1. The number of hydrogen-bond acceptors (Lipinski definition) is 4. The lowest BCUT2D eigenvalue weighted by atomic mass is 9.96. The van der Waals surface area contributed by atoms with Crippen molar-refractivity contribution < 1.29 is 4.74 Å². The molecule has 1 fully saturated rings. The van der Waals surface area contributed by atoms with Crippen LogP contribution < -0.4 is 0 Å². The van der Waals surface area contributed by atoms with Gasteiger partial charge in [-0.2, -0.15) is 5.26 Å². The Morgan fingerprint density at radius 1 is 1.38 bits per heavy atom. The summed E-state index contributed by atoms with van der Waals surface area (Å²) >= 11 is 0. The van der Waals surface area contributed by atoms with E-state index in [1.807, 2.05) is 24.5 Å². The van der Waals surface area contributed by atoms with Gasteiger partial charge >= 0.3 is 0 Å². The minimum Gasteiger partial charge on any atom is -0.368 e. The summed E-state index contributed by atoms with van der Waals surface area (Å²) in [6, 6.07) is 6.62. The molecule has 0 saturated carbocycles. The van der Waals surface area contributed by atoms with E-state index in [9.17, 15) is 0 Å². The summed E-state index contributed by atoms with van der Waals surface area (Å²) in [7, 11) is 0. The first kappa shape index (κ1) is 15.5. The molecule has 0 radical (unpaired) electrons. The molecule has 2 heterocycles. The molecule has 1 atom stereocenters. The largest absolute Gasteiger partial charge is 0.368 e. The number of likely N-dealkylation sites (tertiary alicyclic amines) is 1. The summed E-state index contributed by atoms with van der Waals surface area (Å²) in [6.07, 6.45) is 7.87. The lowest BCUT2D eigenvalue weighted by Gasteiger charge is -2.34. The number of rotatable bonds is 5. The van der Waals surface area contributed by atoms with Gasteiger partial charge in [0.25, 0.3) is 0 Å². The van der Waals surface area contributed by atoms with Crippen molar-refractivity contribution in [1.82, 2.24) is 9.88 Å². The number of ether oxygens (including phenoxy) is 1. The Morgan fingerprint density at radius 3 is 3.14 bits per heavy atom. The number of nitrogens with zero attached hydrogens (tertiary/aromatic N) is 3. The van der Waals surface area contributed by atoms with Crippen LogP contribution in [0.25, 0.3) is 0 Å². The predicted molar refractivity (Wildman–Crippen MR) is 81.2 cm³/mol. The highest BCUT2D eigenvalue weighted by atomic mass is 16.5. The van der Waals surface area contributed by atoms with Crippen LogP contribution in [0.4, 0.5) is 0 Å². The quantitative estimate of drug-likeness (QED) is 0.615. The lowest BCUT2D eigenvalue weighted by Crippen LogP contribution is -2.33. The zero-order valence-electron chi connectivity index (χ0n) is 12.3. The van der Waals surface area contributed by atoms with E-state index in [-0.39, 0.29) is 0 Å². The van der Waals surface area contributed by atoms with Crippen LogP contribution in [0, 0.1) is 23.2 Å². The minimum absolute atomic E-state index is 0.410. The SMILES string of the molecule is N#CCCOCC#CCN1CCCCC1c1cccnc1. The molecule has 0 N–H and O–H groups in total. The zero-order valence-corrected chi connectivity index (χ0v) is 12.3. The van der Waals surface area contributed by atoms with E-state index in [0.717, 1.165) is 13.1 Å². The van der Waals surface area contributed by atoms with Gasteiger partial charge in [-0.25, -0.2) is 0 Å². The van der Waals surface area contributed by atoms with Gasteiger partial charge in [-0.15, -0.1) is 0 Å². The van der Waals surface area contributed by atoms with Crippen molar-refractivity contribution in [3.8, 4) is 17.9 Å². The molecule has 1 saturated heterocycles. The van der Waals surface area contributed by atoms with Crippen molar-refractivity contribution in [1.29, 1.82) is 5.26 Å². The topological polar surface area (TPSA) is 49.1 Å². The Kier molecular flexibility index (Phi) is 6.74. The van der Waals surface area contributed by atoms with Crippen molar-refractivity contribution in [3.63, 3.8) is 0 Å². The molecule has 2 rings (SSSR count). The molecule has 1 unspecified atom stereocenters. The number of piperidine rings is 1. The van der Waals surface area contributed by atoms with Gasteiger partial charge in [0.2, 0.25) is 0 Å². The Hall–Kier alpha value is -1.88. The van der Waals surface area contributed by atoms with Crippen LogP contribution in [-0.2, 0) is 4.74 Å². The van der Waals surface area contributed by atoms with Crippen LogP contribution in [0.2, 0.25) is 0 Å². The van der Waals surface area contributed by atoms with Gasteiger partial charge in [-0.3, -0.25) is 9.88 Å². The highest BCUT2D eigenvalue weighted by Crippen LogP contribution is 2.29. The molecule has 110 valence electrons. The molecule has 1 aromatic heterocycles.